The number of ether oxygens (including phenoxy) is 1. The molecule has 0 bridgehead atoms. The Kier molecular flexibility index (Phi) is 6.22. The predicted octanol–water partition coefficient (Wildman–Crippen LogP) is 7.24. The maximum Gasteiger partial charge on any atom is 0.175 e. The van der Waals surface area contributed by atoms with Crippen LogP contribution in [-0.2, 0) is 5.41 Å². The lowest BCUT2D eigenvalue weighted by molar-refractivity contribution is 0.483. The van der Waals surface area contributed by atoms with Gasteiger partial charge in [-0.05, 0) is 83.9 Å². The molecule has 3 rings (SSSR count). The van der Waals surface area contributed by atoms with Crippen molar-refractivity contribution < 1.29 is 4.74 Å². The second kappa shape index (κ2) is 8.63. The molecule has 3 nitrogen and oxygen atoms in total. The SMILES string of the molecule is CC(C)(C)c1ccc(NC(=S)Nc2ccc(Oc3ccc(Cl)cc3)cc2)cc1. The molecule has 3 aromatic rings. The summed E-state index contributed by atoms with van der Waals surface area (Å²) in [6.45, 7) is 6.59. The van der Waals surface area contributed by atoms with Crippen LogP contribution in [0.15, 0.2) is 72.8 Å². The fourth-order valence-electron chi connectivity index (χ4n) is 2.59. The standard InChI is InChI=1S/C23H23ClN2OS/c1-23(2,3)16-4-8-18(9-5-16)25-22(28)26-19-10-14-21(15-11-19)27-20-12-6-17(24)7-13-20/h4-15H,1-3H3,(H2,25,26,28). The van der Waals surface area contributed by atoms with E-state index in [1.54, 1.807) is 12.1 Å². The van der Waals surface area contributed by atoms with E-state index in [1.807, 2.05) is 48.5 Å². The zero-order valence-corrected chi connectivity index (χ0v) is 17.7. The Morgan fingerprint density at radius 3 is 1.64 bits per heavy atom. The molecule has 0 aromatic heterocycles. The third-order valence-electron chi connectivity index (χ3n) is 4.17. The quantitative estimate of drug-likeness (QED) is 0.444. The molecule has 2 N–H and O–H groups in total. The van der Waals surface area contributed by atoms with Crippen molar-refractivity contribution in [2.24, 2.45) is 0 Å². The summed E-state index contributed by atoms with van der Waals surface area (Å²) >= 11 is 11.3. The molecule has 3 aromatic carbocycles. The van der Waals surface area contributed by atoms with E-state index in [0.29, 0.717) is 10.1 Å². The second-order valence-corrected chi connectivity index (χ2v) is 8.33. The Balaban J connectivity index is 1.56. The van der Waals surface area contributed by atoms with Crippen LogP contribution in [0.2, 0.25) is 5.02 Å². The van der Waals surface area contributed by atoms with Crippen molar-refractivity contribution in [2.75, 3.05) is 10.6 Å². The third-order valence-corrected chi connectivity index (χ3v) is 4.63. The summed E-state index contributed by atoms with van der Waals surface area (Å²) in [4.78, 5) is 0. The van der Waals surface area contributed by atoms with E-state index in [1.165, 1.54) is 5.56 Å². The predicted molar refractivity (Wildman–Crippen MR) is 123 cm³/mol. The van der Waals surface area contributed by atoms with Crippen LogP contribution in [-0.4, -0.2) is 5.11 Å². The van der Waals surface area contributed by atoms with Crippen LogP contribution in [0, 0.1) is 0 Å². The molecule has 5 heteroatoms. The number of benzene rings is 3. The van der Waals surface area contributed by atoms with Gasteiger partial charge in [0.1, 0.15) is 11.5 Å². The zero-order chi connectivity index (χ0) is 20.1. The molecule has 144 valence electrons. The molecule has 0 heterocycles. The topological polar surface area (TPSA) is 33.3 Å². The molecule has 0 amide bonds. The number of rotatable bonds is 4. The molecule has 0 saturated heterocycles. The molecule has 0 saturated carbocycles. The van der Waals surface area contributed by atoms with Crippen LogP contribution in [0.25, 0.3) is 0 Å². The highest BCUT2D eigenvalue weighted by molar-refractivity contribution is 7.80. The van der Waals surface area contributed by atoms with Gasteiger partial charge in [0, 0.05) is 16.4 Å². The van der Waals surface area contributed by atoms with Crippen LogP contribution in [0.3, 0.4) is 0 Å². The number of thiocarbonyl (C=S) groups is 1. The maximum absolute atomic E-state index is 5.89. The summed E-state index contributed by atoms with van der Waals surface area (Å²) in [6, 6.07) is 23.2. The van der Waals surface area contributed by atoms with Crippen LogP contribution in [0.5, 0.6) is 11.5 Å². The Bertz CT molecular complexity index is 930. The normalized spacial score (nSPS) is 11.0. The number of nitrogens with one attached hydrogen (secondary N) is 2. The first-order valence-corrected chi connectivity index (χ1v) is 9.80. The Morgan fingerprint density at radius 1 is 0.750 bits per heavy atom. The van der Waals surface area contributed by atoms with Crippen molar-refractivity contribution in [1.29, 1.82) is 0 Å². The highest BCUT2D eigenvalue weighted by atomic mass is 35.5. The van der Waals surface area contributed by atoms with Gasteiger partial charge in [0.2, 0.25) is 0 Å². The molecule has 0 atom stereocenters. The van der Waals surface area contributed by atoms with Crippen molar-refractivity contribution in [3.63, 3.8) is 0 Å². The largest absolute Gasteiger partial charge is 0.457 e. The van der Waals surface area contributed by atoms with Crippen molar-refractivity contribution in [2.45, 2.75) is 26.2 Å². The van der Waals surface area contributed by atoms with Crippen LogP contribution >= 0.6 is 23.8 Å². The molecule has 0 aliphatic carbocycles. The van der Waals surface area contributed by atoms with E-state index >= 15 is 0 Å². The minimum atomic E-state index is 0.132. The molecular weight excluding hydrogens is 388 g/mol. The highest BCUT2D eigenvalue weighted by Gasteiger charge is 2.12. The lowest BCUT2D eigenvalue weighted by Gasteiger charge is -2.19. The monoisotopic (exact) mass is 410 g/mol. The minimum Gasteiger partial charge on any atom is -0.457 e. The first kappa shape index (κ1) is 20.2. The van der Waals surface area contributed by atoms with Gasteiger partial charge >= 0.3 is 0 Å². The van der Waals surface area contributed by atoms with Crippen LogP contribution < -0.4 is 15.4 Å². The minimum absolute atomic E-state index is 0.132. The van der Waals surface area contributed by atoms with Gasteiger partial charge in [-0.3, -0.25) is 0 Å². The van der Waals surface area contributed by atoms with Gasteiger partial charge in [-0.1, -0.05) is 44.5 Å². The van der Waals surface area contributed by atoms with E-state index in [9.17, 15) is 0 Å². The highest BCUT2D eigenvalue weighted by Crippen LogP contribution is 2.25. The number of hydrogen-bond acceptors (Lipinski definition) is 2. The maximum atomic E-state index is 5.89. The van der Waals surface area contributed by atoms with Gasteiger partial charge in [-0.15, -0.1) is 0 Å². The van der Waals surface area contributed by atoms with Gasteiger partial charge < -0.3 is 15.4 Å². The summed E-state index contributed by atoms with van der Waals surface area (Å²) in [6.07, 6.45) is 0. The Morgan fingerprint density at radius 2 is 1.18 bits per heavy atom. The Hall–Kier alpha value is -2.56. The van der Waals surface area contributed by atoms with Gasteiger partial charge in [0.25, 0.3) is 0 Å². The summed E-state index contributed by atoms with van der Waals surface area (Å²) < 4.78 is 5.79. The second-order valence-electron chi connectivity index (χ2n) is 7.49. The fourth-order valence-corrected chi connectivity index (χ4v) is 2.95. The van der Waals surface area contributed by atoms with Gasteiger partial charge in [0.05, 0.1) is 0 Å². The molecule has 28 heavy (non-hydrogen) atoms. The third kappa shape index (κ3) is 5.72. The number of hydrogen-bond donors (Lipinski definition) is 2. The van der Waals surface area contributed by atoms with Crippen molar-refractivity contribution >= 4 is 40.3 Å². The smallest absolute Gasteiger partial charge is 0.175 e. The molecule has 0 spiro atoms. The Labute approximate surface area is 176 Å². The lowest BCUT2D eigenvalue weighted by atomic mass is 9.87. The van der Waals surface area contributed by atoms with E-state index in [-0.39, 0.29) is 5.41 Å². The molecule has 0 aliphatic heterocycles. The van der Waals surface area contributed by atoms with Gasteiger partial charge in [0.15, 0.2) is 5.11 Å². The van der Waals surface area contributed by atoms with Gasteiger partial charge in [-0.2, -0.15) is 0 Å². The molecule has 0 unspecified atom stereocenters. The molecule has 0 radical (unpaired) electrons. The van der Waals surface area contributed by atoms with E-state index in [2.05, 4.69) is 43.5 Å². The first-order chi connectivity index (χ1) is 13.3. The van der Waals surface area contributed by atoms with Crippen molar-refractivity contribution in [3.05, 3.63) is 83.4 Å². The first-order valence-electron chi connectivity index (χ1n) is 9.02. The average molecular weight is 411 g/mol. The summed E-state index contributed by atoms with van der Waals surface area (Å²) in [5, 5.41) is 7.60. The summed E-state index contributed by atoms with van der Waals surface area (Å²) in [5.74, 6) is 1.48. The van der Waals surface area contributed by atoms with Crippen molar-refractivity contribution in [3.8, 4) is 11.5 Å². The van der Waals surface area contributed by atoms with E-state index in [4.69, 9.17) is 28.6 Å². The summed E-state index contributed by atoms with van der Waals surface area (Å²) in [7, 11) is 0. The molecule has 0 aliphatic rings. The lowest BCUT2D eigenvalue weighted by Crippen LogP contribution is -2.19. The van der Waals surface area contributed by atoms with E-state index in [0.717, 1.165) is 22.9 Å². The van der Waals surface area contributed by atoms with Crippen molar-refractivity contribution in [1.82, 2.24) is 0 Å². The number of anilines is 2. The number of halogens is 1. The van der Waals surface area contributed by atoms with Gasteiger partial charge in [-0.25, -0.2) is 0 Å². The molecular formula is C23H23ClN2OS. The average Bonchev–Trinajstić information content (AvgIpc) is 2.65. The van der Waals surface area contributed by atoms with Crippen LogP contribution in [0.4, 0.5) is 11.4 Å². The summed E-state index contributed by atoms with van der Waals surface area (Å²) in [5.41, 5.74) is 3.25. The fraction of sp³-hybridized carbons (Fsp3) is 0.174. The van der Waals surface area contributed by atoms with Crippen LogP contribution in [0.1, 0.15) is 26.3 Å². The zero-order valence-electron chi connectivity index (χ0n) is 16.1. The molecule has 0 fully saturated rings. The van der Waals surface area contributed by atoms with E-state index < -0.39 is 0 Å².